The lowest BCUT2D eigenvalue weighted by atomic mass is 9.67. The van der Waals surface area contributed by atoms with E-state index < -0.39 is 11.0 Å². The largest absolute Gasteiger partial charge is 0.383 e. The summed E-state index contributed by atoms with van der Waals surface area (Å²) in [6.07, 6.45) is 1.49. The topological polar surface area (TPSA) is 44.0 Å². The first-order valence-corrected chi connectivity index (χ1v) is 8.07. The Balaban J connectivity index is 2.17. The van der Waals surface area contributed by atoms with E-state index >= 15 is 0 Å². The van der Waals surface area contributed by atoms with Gasteiger partial charge < -0.3 is 5.11 Å². The van der Waals surface area contributed by atoms with Crippen LogP contribution in [-0.2, 0) is 17.4 Å². The molecule has 21 heavy (non-hydrogen) atoms. The van der Waals surface area contributed by atoms with Gasteiger partial charge in [-0.1, -0.05) is 36.4 Å². The predicted octanol–water partition coefficient (Wildman–Crippen LogP) is 3.91. The van der Waals surface area contributed by atoms with Gasteiger partial charge >= 0.3 is 0 Å². The first kappa shape index (κ1) is 14.6. The summed E-state index contributed by atoms with van der Waals surface area (Å²) in [6.45, 7) is 1.76. The average molecular weight is 389 g/mol. The highest BCUT2D eigenvalue weighted by molar-refractivity contribution is 14.1. The summed E-state index contributed by atoms with van der Waals surface area (Å²) < 4.78 is 1.12. The van der Waals surface area contributed by atoms with Crippen molar-refractivity contribution in [2.75, 3.05) is 0 Å². The molecule has 0 saturated heterocycles. The van der Waals surface area contributed by atoms with Crippen LogP contribution in [0.4, 0.5) is 0 Å². The summed E-state index contributed by atoms with van der Waals surface area (Å²) in [4.78, 5) is 0. The van der Waals surface area contributed by atoms with Crippen molar-refractivity contribution in [3.05, 3.63) is 68.8 Å². The lowest BCUT2D eigenvalue weighted by molar-refractivity contribution is -0.00410. The molecule has 2 aromatic rings. The van der Waals surface area contributed by atoms with E-state index in [-0.39, 0.29) is 0 Å². The molecule has 0 amide bonds. The van der Waals surface area contributed by atoms with E-state index in [1.165, 1.54) is 5.56 Å². The van der Waals surface area contributed by atoms with Gasteiger partial charge in [-0.25, -0.2) is 0 Å². The van der Waals surface area contributed by atoms with Crippen LogP contribution in [0.2, 0.25) is 0 Å². The fourth-order valence-electron chi connectivity index (χ4n) is 3.36. The van der Waals surface area contributed by atoms with Crippen LogP contribution in [0, 0.1) is 14.9 Å². The van der Waals surface area contributed by atoms with E-state index in [1.54, 1.807) is 6.92 Å². The van der Waals surface area contributed by atoms with Crippen LogP contribution in [0.1, 0.15) is 30.0 Å². The third kappa shape index (κ3) is 2.09. The number of nitrogens with zero attached hydrogens (tertiary/aromatic N) is 1. The van der Waals surface area contributed by atoms with Crippen molar-refractivity contribution in [2.24, 2.45) is 0 Å². The molecule has 0 spiro atoms. The van der Waals surface area contributed by atoms with Gasteiger partial charge in [0.1, 0.15) is 11.0 Å². The molecule has 0 bridgehead atoms. The highest BCUT2D eigenvalue weighted by Gasteiger charge is 2.53. The van der Waals surface area contributed by atoms with Crippen LogP contribution in [-0.4, -0.2) is 5.11 Å². The van der Waals surface area contributed by atoms with Crippen LogP contribution in [0.25, 0.3) is 0 Å². The number of nitriles is 1. The van der Waals surface area contributed by atoms with E-state index in [0.717, 1.165) is 21.1 Å². The molecular weight excluding hydrogens is 373 g/mol. The molecule has 106 valence electrons. The van der Waals surface area contributed by atoms with Crippen LogP contribution < -0.4 is 0 Å². The van der Waals surface area contributed by atoms with Gasteiger partial charge in [-0.3, -0.25) is 0 Å². The van der Waals surface area contributed by atoms with Gasteiger partial charge in [-0.15, -0.1) is 0 Å². The number of hydrogen-bond donors (Lipinski definition) is 1. The zero-order chi connectivity index (χ0) is 15.1. The monoisotopic (exact) mass is 389 g/mol. The summed E-state index contributed by atoms with van der Waals surface area (Å²) in [5, 5.41) is 21.2. The van der Waals surface area contributed by atoms with Crippen molar-refractivity contribution in [3.63, 3.8) is 0 Å². The lowest BCUT2D eigenvalue weighted by Crippen LogP contribution is -2.44. The van der Waals surface area contributed by atoms with Crippen molar-refractivity contribution in [3.8, 4) is 6.07 Å². The molecule has 0 radical (unpaired) electrons. The first-order valence-electron chi connectivity index (χ1n) is 6.99. The van der Waals surface area contributed by atoms with Crippen LogP contribution in [0.5, 0.6) is 0 Å². The zero-order valence-electron chi connectivity index (χ0n) is 11.8. The van der Waals surface area contributed by atoms with Gasteiger partial charge in [0.15, 0.2) is 0 Å². The number of fused-ring (bicyclic) bond motifs is 1. The second-order valence-corrected chi connectivity index (χ2v) is 7.00. The Hall–Kier alpha value is -1.38. The van der Waals surface area contributed by atoms with E-state index in [2.05, 4.69) is 34.7 Å². The summed E-state index contributed by atoms with van der Waals surface area (Å²) in [5.41, 5.74) is 0.844. The molecule has 1 aliphatic rings. The molecule has 1 N–H and O–H groups in total. The van der Waals surface area contributed by atoms with Crippen LogP contribution in [0.3, 0.4) is 0 Å². The van der Waals surface area contributed by atoms with Gasteiger partial charge in [-0.2, -0.15) is 5.26 Å². The van der Waals surface area contributed by atoms with Crippen molar-refractivity contribution < 1.29 is 5.11 Å². The standard InChI is InChI=1S/C18H16INO/c1-17(21,14-6-8-15(19)9-7-14)18(12-20)11-10-13-4-2-3-5-16(13)18/h2-9,21H,10-11H2,1H3. The third-order valence-electron chi connectivity index (χ3n) is 4.67. The minimum Gasteiger partial charge on any atom is -0.383 e. The quantitative estimate of drug-likeness (QED) is 0.792. The SMILES string of the molecule is CC(O)(c1ccc(I)cc1)C1(C#N)CCc2ccccc21. The maximum atomic E-state index is 11.2. The van der Waals surface area contributed by atoms with E-state index in [0.29, 0.717) is 6.42 Å². The fourth-order valence-corrected chi connectivity index (χ4v) is 3.72. The molecule has 0 fully saturated rings. The smallest absolute Gasteiger partial charge is 0.115 e. The van der Waals surface area contributed by atoms with Crippen molar-refractivity contribution >= 4 is 22.6 Å². The number of halogens is 1. The predicted molar refractivity (Wildman–Crippen MR) is 90.8 cm³/mol. The fraction of sp³-hybridized carbons (Fsp3) is 0.278. The molecule has 2 aromatic carbocycles. The average Bonchev–Trinajstić information content (AvgIpc) is 2.88. The zero-order valence-corrected chi connectivity index (χ0v) is 14.0. The second kappa shape index (κ2) is 5.11. The molecule has 2 nitrogen and oxygen atoms in total. The van der Waals surface area contributed by atoms with Gasteiger partial charge in [0.05, 0.1) is 6.07 Å². The highest BCUT2D eigenvalue weighted by atomic mass is 127. The third-order valence-corrected chi connectivity index (χ3v) is 5.39. The minimum absolute atomic E-state index is 0.655. The summed E-state index contributed by atoms with van der Waals surface area (Å²) in [7, 11) is 0. The number of benzene rings is 2. The van der Waals surface area contributed by atoms with Crippen LogP contribution in [0.15, 0.2) is 48.5 Å². The Morgan fingerprint density at radius 2 is 1.86 bits per heavy atom. The summed E-state index contributed by atoms with van der Waals surface area (Å²) >= 11 is 2.24. The number of rotatable bonds is 2. The van der Waals surface area contributed by atoms with Crippen LogP contribution >= 0.6 is 22.6 Å². The van der Waals surface area contributed by atoms with Gasteiger partial charge in [0, 0.05) is 3.57 Å². The summed E-state index contributed by atoms with van der Waals surface area (Å²) in [6, 6.07) is 18.2. The van der Waals surface area contributed by atoms with Gasteiger partial charge in [0.2, 0.25) is 0 Å². The molecule has 2 unspecified atom stereocenters. The Labute approximate surface area is 138 Å². The molecule has 0 aliphatic heterocycles. The normalized spacial score (nSPS) is 23.1. The maximum absolute atomic E-state index is 11.2. The van der Waals surface area contributed by atoms with Crippen molar-refractivity contribution in [1.82, 2.24) is 0 Å². The van der Waals surface area contributed by atoms with Crippen molar-refractivity contribution in [2.45, 2.75) is 30.8 Å². The highest BCUT2D eigenvalue weighted by Crippen LogP contribution is 2.50. The molecule has 0 saturated carbocycles. The van der Waals surface area contributed by atoms with Crippen molar-refractivity contribution in [1.29, 1.82) is 5.26 Å². The Morgan fingerprint density at radius 3 is 2.52 bits per heavy atom. The summed E-state index contributed by atoms with van der Waals surface area (Å²) in [5.74, 6) is 0. The number of hydrogen-bond acceptors (Lipinski definition) is 2. The molecule has 1 aliphatic carbocycles. The lowest BCUT2D eigenvalue weighted by Gasteiger charge is -2.38. The molecule has 2 atom stereocenters. The molecule has 0 aromatic heterocycles. The van der Waals surface area contributed by atoms with E-state index in [9.17, 15) is 10.4 Å². The molecule has 3 rings (SSSR count). The first-order chi connectivity index (χ1) is 10.0. The molecule has 3 heteroatoms. The second-order valence-electron chi connectivity index (χ2n) is 5.75. The number of aliphatic hydroxyl groups is 1. The minimum atomic E-state index is -1.21. The Kier molecular flexibility index (Phi) is 3.54. The van der Waals surface area contributed by atoms with E-state index in [1.807, 2.05) is 42.5 Å². The number of aryl methyl sites for hydroxylation is 1. The van der Waals surface area contributed by atoms with Gasteiger partial charge in [-0.05, 0) is 71.2 Å². The Bertz CT molecular complexity index is 715. The Morgan fingerprint density at radius 1 is 1.19 bits per heavy atom. The molecular formula is C18H16INO. The van der Waals surface area contributed by atoms with Gasteiger partial charge in [0.25, 0.3) is 0 Å². The van der Waals surface area contributed by atoms with E-state index in [4.69, 9.17) is 0 Å². The molecule has 0 heterocycles. The maximum Gasteiger partial charge on any atom is 0.115 e.